The first-order valence-corrected chi connectivity index (χ1v) is 7.27. The molecule has 1 aliphatic rings. The van der Waals surface area contributed by atoms with Gasteiger partial charge in [0.2, 0.25) is 0 Å². The molecule has 1 aromatic heterocycles. The summed E-state index contributed by atoms with van der Waals surface area (Å²) in [4.78, 5) is 40.0. The number of imide groups is 1. The molecule has 0 saturated heterocycles. The van der Waals surface area contributed by atoms with E-state index >= 15 is 0 Å². The van der Waals surface area contributed by atoms with E-state index in [4.69, 9.17) is 11.6 Å². The van der Waals surface area contributed by atoms with Crippen molar-refractivity contribution in [3.8, 4) is 0 Å². The molecule has 120 valence electrons. The molecule has 3 rings (SSSR count). The molecule has 2 amide bonds. The first-order valence-electron chi connectivity index (χ1n) is 6.89. The number of benzene rings is 1. The Balaban J connectivity index is 1.90. The summed E-state index contributed by atoms with van der Waals surface area (Å²) < 4.78 is 0. The van der Waals surface area contributed by atoms with Crippen molar-refractivity contribution in [3.05, 3.63) is 75.1 Å². The number of hydrogen-bond donors (Lipinski definition) is 0. The van der Waals surface area contributed by atoms with Gasteiger partial charge in [0.1, 0.15) is 5.03 Å². The fraction of sp³-hybridized carbons (Fsp3) is 0.0625. The van der Waals surface area contributed by atoms with Crippen LogP contribution in [-0.2, 0) is 16.1 Å². The molecule has 7 nitrogen and oxygen atoms in total. The highest BCUT2D eigenvalue weighted by atomic mass is 35.5. The number of nitro groups is 1. The van der Waals surface area contributed by atoms with Crippen LogP contribution in [0.3, 0.4) is 0 Å². The number of pyridine rings is 1. The fourth-order valence-electron chi connectivity index (χ4n) is 2.34. The van der Waals surface area contributed by atoms with Gasteiger partial charge in [0.15, 0.2) is 0 Å². The normalized spacial score (nSPS) is 14.5. The van der Waals surface area contributed by atoms with E-state index in [1.165, 1.54) is 24.3 Å². The van der Waals surface area contributed by atoms with E-state index in [0.29, 0.717) is 11.3 Å². The molecule has 0 radical (unpaired) electrons. The molecular formula is C16H10ClN3O4. The molecule has 1 aliphatic heterocycles. The van der Waals surface area contributed by atoms with Crippen molar-refractivity contribution < 1.29 is 14.5 Å². The number of rotatable bonds is 4. The van der Waals surface area contributed by atoms with Crippen molar-refractivity contribution in [1.82, 2.24) is 9.88 Å². The molecule has 8 heteroatoms. The Morgan fingerprint density at radius 2 is 1.79 bits per heavy atom. The Kier molecular flexibility index (Phi) is 4.09. The van der Waals surface area contributed by atoms with Crippen LogP contribution in [0.4, 0.5) is 5.69 Å². The summed E-state index contributed by atoms with van der Waals surface area (Å²) in [6.45, 7) is 0.00517. The van der Waals surface area contributed by atoms with Gasteiger partial charge in [-0.1, -0.05) is 17.7 Å². The zero-order valence-corrected chi connectivity index (χ0v) is 12.9. The van der Waals surface area contributed by atoms with Crippen LogP contribution >= 0.6 is 11.6 Å². The number of amides is 2. The van der Waals surface area contributed by atoms with E-state index in [-0.39, 0.29) is 22.8 Å². The van der Waals surface area contributed by atoms with Crippen molar-refractivity contribution in [3.63, 3.8) is 0 Å². The smallest absolute Gasteiger partial charge is 0.268 e. The molecule has 2 heterocycles. The second-order valence-electron chi connectivity index (χ2n) is 5.01. The van der Waals surface area contributed by atoms with Crippen molar-refractivity contribution in [2.75, 3.05) is 0 Å². The fourth-order valence-corrected chi connectivity index (χ4v) is 2.64. The van der Waals surface area contributed by atoms with E-state index in [1.54, 1.807) is 24.4 Å². The lowest BCUT2D eigenvalue weighted by Crippen LogP contribution is -2.31. The van der Waals surface area contributed by atoms with E-state index < -0.39 is 16.7 Å². The molecule has 0 aliphatic carbocycles. The van der Waals surface area contributed by atoms with Gasteiger partial charge in [0.25, 0.3) is 17.5 Å². The zero-order chi connectivity index (χ0) is 17.3. The highest BCUT2D eigenvalue weighted by molar-refractivity contribution is 6.55. The van der Waals surface area contributed by atoms with E-state index in [0.717, 1.165) is 4.90 Å². The highest BCUT2D eigenvalue weighted by Crippen LogP contribution is 2.33. The Morgan fingerprint density at radius 1 is 1.08 bits per heavy atom. The first kappa shape index (κ1) is 15.8. The lowest BCUT2D eigenvalue weighted by molar-refractivity contribution is -0.384. The standard InChI is InChI=1S/C16H10ClN3O4/c17-14-13(10-4-6-12(7-5-10)20(23)24)15(21)19(16(14)22)9-11-3-1-2-8-18-11/h1-8H,9H2. The second kappa shape index (κ2) is 6.21. The average Bonchev–Trinajstić information content (AvgIpc) is 2.79. The van der Waals surface area contributed by atoms with Crippen molar-refractivity contribution in [1.29, 1.82) is 0 Å². The van der Waals surface area contributed by atoms with Gasteiger partial charge in [-0.05, 0) is 29.8 Å². The van der Waals surface area contributed by atoms with Gasteiger partial charge in [0, 0.05) is 18.3 Å². The number of hydrogen-bond acceptors (Lipinski definition) is 5. The third-order valence-electron chi connectivity index (χ3n) is 3.52. The van der Waals surface area contributed by atoms with Crippen LogP contribution in [0, 0.1) is 10.1 Å². The summed E-state index contributed by atoms with van der Waals surface area (Å²) in [7, 11) is 0. The van der Waals surface area contributed by atoms with Gasteiger partial charge in [-0.2, -0.15) is 0 Å². The average molecular weight is 344 g/mol. The minimum absolute atomic E-state index is 0.00517. The summed E-state index contributed by atoms with van der Waals surface area (Å²) in [5, 5.41) is 10.5. The summed E-state index contributed by atoms with van der Waals surface area (Å²) in [6.07, 6.45) is 1.56. The first-order chi connectivity index (χ1) is 11.5. The minimum Gasteiger partial charge on any atom is -0.268 e. The second-order valence-corrected chi connectivity index (χ2v) is 5.39. The third-order valence-corrected chi connectivity index (χ3v) is 3.88. The number of nitrogens with zero attached hydrogens (tertiary/aromatic N) is 3. The van der Waals surface area contributed by atoms with Gasteiger partial charge in [0.05, 0.1) is 22.7 Å². The van der Waals surface area contributed by atoms with Gasteiger partial charge in [-0.3, -0.25) is 29.6 Å². The lowest BCUT2D eigenvalue weighted by atomic mass is 10.1. The number of non-ortho nitro benzene ring substituents is 1. The quantitative estimate of drug-likeness (QED) is 0.483. The van der Waals surface area contributed by atoms with Crippen LogP contribution in [0.2, 0.25) is 0 Å². The maximum atomic E-state index is 12.6. The van der Waals surface area contributed by atoms with E-state index in [2.05, 4.69) is 4.98 Å². The Morgan fingerprint density at radius 3 is 2.38 bits per heavy atom. The van der Waals surface area contributed by atoms with E-state index in [9.17, 15) is 19.7 Å². The van der Waals surface area contributed by atoms with Crippen LogP contribution in [-0.4, -0.2) is 26.6 Å². The van der Waals surface area contributed by atoms with Crippen LogP contribution < -0.4 is 0 Å². The van der Waals surface area contributed by atoms with Crippen LogP contribution in [0.15, 0.2) is 53.7 Å². The predicted octanol–water partition coefficient (Wildman–Crippen LogP) is 2.51. The monoisotopic (exact) mass is 343 g/mol. The molecule has 0 bridgehead atoms. The van der Waals surface area contributed by atoms with Crippen molar-refractivity contribution in [2.24, 2.45) is 0 Å². The molecule has 0 spiro atoms. The minimum atomic E-state index is -0.610. The van der Waals surface area contributed by atoms with Gasteiger partial charge < -0.3 is 0 Å². The predicted molar refractivity (Wildman–Crippen MR) is 85.7 cm³/mol. The number of nitro benzene ring substituents is 1. The molecule has 2 aromatic rings. The van der Waals surface area contributed by atoms with E-state index in [1.807, 2.05) is 0 Å². The largest absolute Gasteiger partial charge is 0.273 e. The summed E-state index contributed by atoms with van der Waals surface area (Å²) >= 11 is 6.03. The summed E-state index contributed by atoms with van der Waals surface area (Å²) in [6, 6.07) is 10.5. The van der Waals surface area contributed by atoms with Crippen molar-refractivity contribution in [2.45, 2.75) is 6.54 Å². The maximum absolute atomic E-state index is 12.6. The van der Waals surface area contributed by atoms with Crippen molar-refractivity contribution >= 4 is 34.7 Å². The topological polar surface area (TPSA) is 93.4 Å². The van der Waals surface area contributed by atoms with Gasteiger partial charge >= 0.3 is 0 Å². The molecular weight excluding hydrogens is 334 g/mol. The molecule has 0 unspecified atom stereocenters. The summed E-state index contributed by atoms with van der Waals surface area (Å²) in [5.74, 6) is -1.16. The molecule has 24 heavy (non-hydrogen) atoms. The van der Waals surface area contributed by atoms with Crippen LogP contribution in [0.5, 0.6) is 0 Å². The Bertz CT molecular complexity index is 863. The Labute approximate surface area is 141 Å². The van der Waals surface area contributed by atoms with Crippen LogP contribution in [0.1, 0.15) is 11.3 Å². The number of halogens is 1. The SMILES string of the molecule is O=C1C(Cl)=C(c2ccc([N+](=O)[O-])cc2)C(=O)N1Cc1ccccn1. The molecule has 0 saturated carbocycles. The summed E-state index contributed by atoms with van der Waals surface area (Å²) in [5.41, 5.74) is 0.825. The number of carbonyl (C=O) groups is 2. The number of carbonyl (C=O) groups excluding carboxylic acids is 2. The van der Waals surface area contributed by atoms with Gasteiger partial charge in [-0.25, -0.2) is 0 Å². The zero-order valence-electron chi connectivity index (χ0n) is 12.2. The Hall–Kier alpha value is -3.06. The highest BCUT2D eigenvalue weighted by Gasteiger charge is 2.38. The molecule has 0 atom stereocenters. The molecule has 0 fully saturated rings. The lowest BCUT2D eigenvalue weighted by Gasteiger charge is -2.14. The molecule has 1 aromatic carbocycles. The van der Waals surface area contributed by atoms with Crippen LogP contribution in [0.25, 0.3) is 5.57 Å². The number of aromatic nitrogens is 1. The molecule has 0 N–H and O–H groups in total. The van der Waals surface area contributed by atoms with Gasteiger partial charge in [-0.15, -0.1) is 0 Å². The third kappa shape index (κ3) is 2.77. The maximum Gasteiger partial charge on any atom is 0.273 e.